The summed E-state index contributed by atoms with van der Waals surface area (Å²) in [5, 5.41) is 4.14. The first-order valence-electron chi connectivity index (χ1n) is 5.89. The Morgan fingerprint density at radius 3 is 2.88 bits per heavy atom. The number of aromatic nitrogens is 1. The fourth-order valence-corrected chi connectivity index (χ4v) is 2.27. The van der Waals surface area contributed by atoms with Crippen LogP contribution in [-0.2, 0) is 6.61 Å². The highest BCUT2D eigenvalue weighted by Gasteiger charge is 2.25. The van der Waals surface area contributed by atoms with E-state index in [0.29, 0.717) is 12.5 Å². The number of hydrogen-bond acceptors (Lipinski definition) is 3. The third kappa shape index (κ3) is 1.46. The topological polar surface area (TPSA) is 35.3 Å². The summed E-state index contributed by atoms with van der Waals surface area (Å²) < 4.78 is 11.1. The van der Waals surface area contributed by atoms with E-state index < -0.39 is 0 Å². The van der Waals surface area contributed by atoms with Crippen molar-refractivity contribution in [1.82, 2.24) is 5.16 Å². The second-order valence-electron chi connectivity index (χ2n) is 4.73. The monoisotopic (exact) mass is 229 g/mol. The first kappa shape index (κ1) is 10.4. The number of rotatable bonds is 1. The fourth-order valence-electron chi connectivity index (χ4n) is 2.27. The maximum Gasteiger partial charge on any atom is 0.140 e. The Labute approximate surface area is 100 Å². The van der Waals surface area contributed by atoms with E-state index in [2.05, 4.69) is 31.1 Å². The molecular formula is C14H15NO2. The highest BCUT2D eigenvalue weighted by Crippen LogP contribution is 2.42. The van der Waals surface area contributed by atoms with Gasteiger partial charge in [0, 0.05) is 5.56 Å². The van der Waals surface area contributed by atoms with E-state index in [9.17, 15) is 0 Å². The van der Waals surface area contributed by atoms with E-state index in [0.717, 1.165) is 28.3 Å². The number of fused-ring (bicyclic) bond motifs is 3. The molecule has 0 radical (unpaired) electrons. The molecule has 1 aromatic heterocycles. The van der Waals surface area contributed by atoms with E-state index in [1.807, 2.05) is 13.0 Å². The van der Waals surface area contributed by atoms with Crippen molar-refractivity contribution < 1.29 is 9.26 Å². The summed E-state index contributed by atoms with van der Waals surface area (Å²) in [5.41, 5.74) is 4.28. The first-order valence-corrected chi connectivity index (χ1v) is 5.89. The molecule has 3 heteroatoms. The molecule has 0 spiro atoms. The molecule has 1 aliphatic rings. The van der Waals surface area contributed by atoms with Crippen LogP contribution in [0.25, 0.3) is 11.3 Å². The van der Waals surface area contributed by atoms with Crippen molar-refractivity contribution in [2.24, 2.45) is 0 Å². The van der Waals surface area contributed by atoms with E-state index in [1.54, 1.807) is 0 Å². The van der Waals surface area contributed by atoms with Crippen LogP contribution in [0.15, 0.2) is 22.7 Å². The Kier molecular flexibility index (Phi) is 2.21. The number of benzene rings is 1. The summed E-state index contributed by atoms with van der Waals surface area (Å²) in [4.78, 5) is 0. The molecule has 0 N–H and O–H groups in total. The fraction of sp³-hybridized carbons (Fsp3) is 0.357. The summed E-state index contributed by atoms with van der Waals surface area (Å²) in [6, 6.07) is 6.21. The summed E-state index contributed by atoms with van der Waals surface area (Å²) in [6.45, 7) is 6.82. The summed E-state index contributed by atoms with van der Waals surface area (Å²) in [7, 11) is 0. The molecule has 2 aromatic rings. The molecule has 0 saturated carbocycles. The molecule has 88 valence electrons. The van der Waals surface area contributed by atoms with Crippen molar-refractivity contribution in [3.8, 4) is 17.0 Å². The van der Waals surface area contributed by atoms with Crippen molar-refractivity contribution in [2.45, 2.75) is 33.3 Å². The minimum absolute atomic E-state index is 0.444. The van der Waals surface area contributed by atoms with Crippen LogP contribution in [0.3, 0.4) is 0 Å². The number of ether oxygens (including phenoxy) is 1. The molecule has 0 unspecified atom stereocenters. The number of hydrogen-bond donors (Lipinski definition) is 0. The Morgan fingerprint density at radius 2 is 2.12 bits per heavy atom. The molecule has 0 aliphatic carbocycles. The first-order chi connectivity index (χ1) is 8.18. The van der Waals surface area contributed by atoms with Crippen molar-refractivity contribution in [3.63, 3.8) is 0 Å². The molecule has 1 aromatic carbocycles. The third-order valence-electron chi connectivity index (χ3n) is 3.27. The van der Waals surface area contributed by atoms with Crippen LogP contribution in [0.5, 0.6) is 5.75 Å². The molecule has 0 saturated heterocycles. The quantitative estimate of drug-likeness (QED) is 0.748. The standard InChI is InChI=1S/C14H15NO2/c1-8(2)10-5-4-6-11-13-12(7-16-14(10)11)9(3)17-15-13/h4-6,8H,7H2,1-3H3. The smallest absolute Gasteiger partial charge is 0.140 e. The highest BCUT2D eigenvalue weighted by atomic mass is 16.5. The van der Waals surface area contributed by atoms with Gasteiger partial charge >= 0.3 is 0 Å². The van der Waals surface area contributed by atoms with Crippen LogP contribution in [0, 0.1) is 6.92 Å². The average Bonchev–Trinajstić information content (AvgIpc) is 2.70. The van der Waals surface area contributed by atoms with Crippen LogP contribution < -0.4 is 4.74 Å². The maximum absolute atomic E-state index is 5.88. The molecule has 3 rings (SSSR count). The van der Waals surface area contributed by atoms with Gasteiger partial charge < -0.3 is 9.26 Å². The van der Waals surface area contributed by atoms with E-state index in [4.69, 9.17) is 9.26 Å². The van der Waals surface area contributed by atoms with Crippen molar-refractivity contribution in [2.75, 3.05) is 0 Å². The SMILES string of the molecule is Cc1onc2c1COc1c-2cccc1C(C)C. The minimum atomic E-state index is 0.444. The molecule has 17 heavy (non-hydrogen) atoms. The molecule has 0 atom stereocenters. The average molecular weight is 229 g/mol. The van der Waals surface area contributed by atoms with Crippen LogP contribution >= 0.6 is 0 Å². The Bertz CT molecular complexity index is 570. The van der Waals surface area contributed by atoms with Crippen LogP contribution in [0.2, 0.25) is 0 Å². The Morgan fingerprint density at radius 1 is 1.29 bits per heavy atom. The molecule has 0 fully saturated rings. The van der Waals surface area contributed by atoms with Crippen molar-refractivity contribution >= 4 is 0 Å². The van der Waals surface area contributed by atoms with Gasteiger partial charge in [-0.25, -0.2) is 0 Å². The number of aryl methyl sites for hydroxylation is 1. The summed E-state index contributed by atoms with van der Waals surface area (Å²) >= 11 is 0. The van der Waals surface area contributed by atoms with Gasteiger partial charge in [0.25, 0.3) is 0 Å². The van der Waals surface area contributed by atoms with Gasteiger partial charge in [-0.1, -0.05) is 31.1 Å². The molecule has 3 nitrogen and oxygen atoms in total. The lowest BCUT2D eigenvalue weighted by Crippen LogP contribution is -2.08. The van der Waals surface area contributed by atoms with Crippen LogP contribution in [0.4, 0.5) is 0 Å². The molecule has 2 heterocycles. The lowest BCUT2D eigenvalue weighted by Gasteiger charge is -2.21. The predicted octanol–water partition coefficient (Wildman–Crippen LogP) is 3.67. The van der Waals surface area contributed by atoms with E-state index >= 15 is 0 Å². The zero-order valence-electron chi connectivity index (χ0n) is 10.3. The second kappa shape index (κ2) is 3.62. The highest BCUT2D eigenvalue weighted by molar-refractivity contribution is 5.73. The summed E-state index contributed by atoms with van der Waals surface area (Å²) in [5.74, 6) is 2.25. The molecule has 1 aliphatic heterocycles. The van der Waals surface area contributed by atoms with Gasteiger partial charge in [-0.2, -0.15) is 0 Å². The molecule has 0 amide bonds. The maximum atomic E-state index is 5.88. The third-order valence-corrected chi connectivity index (χ3v) is 3.27. The predicted molar refractivity (Wildman–Crippen MR) is 65.1 cm³/mol. The largest absolute Gasteiger partial charge is 0.488 e. The van der Waals surface area contributed by atoms with Crippen molar-refractivity contribution in [1.29, 1.82) is 0 Å². The van der Waals surface area contributed by atoms with Gasteiger partial charge in [0.05, 0.1) is 5.56 Å². The lowest BCUT2D eigenvalue weighted by molar-refractivity contribution is 0.295. The Balaban J connectivity index is 2.24. The molecular weight excluding hydrogens is 214 g/mol. The summed E-state index contributed by atoms with van der Waals surface area (Å²) in [6.07, 6.45) is 0. The van der Waals surface area contributed by atoms with E-state index in [1.165, 1.54) is 5.56 Å². The number of para-hydroxylation sites is 1. The zero-order chi connectivity index (χ0) is 12.0. The zero-order valence-corrected chi connectivity index (χ0v) is 10.3. The molecule has 0 bridgehead atoms. The van der Waals surface area contributed by atoms with Crippen LogP contribution in [-0.4, -0.2) is 5.16 Å². The lowest BCUT2D eigenvalue weighted by atomic mass is 9.95. The van der Waals surface area contributed by atoms with Gasteiger partial charge in [-0.3, -0.25) is 0 Å². The van der Waals surface area contributed by atoms with Crippen molar-refractivity contribution in [3.05, 3.63) is 35.1 Å². The van der Waals surface area contributed by atoms with Crippen LogP contribution in [0.1, 0.15) is 36.7 Å². The van der Waals surface area contributed by atoms with Gasteiger partial charge in [0.2, 0.25) is 0 Å². The second-order valence-corrected chi connectivity index (χ2v) is 4.73. The Hall–Kier alpha value is -1.77. The van der Waals surface area contributed by atoms with Gasteiger partial charge in [-0.05, 0) is 24.5 Å². The van der Waals surface area contributed by atoms with Gasteiger partial charge in [0.1, 0.15) is 23.8 Å². The van der Waals surface area contributed by atoms with Gasteiger partial charge in [0.15, 0.2) is 0 Å². The number of nitrogens with zero attached hydrogens (tertiary/aromatic N) is 1. The van der Waals surface area contributed by atoms with E-state index in [-0.39, 0.29) is 0 Å². The normalized spacial score (nSPS) is 13.2. The minimum Gasteiger partial charge on any atom is -0.488 e. The van der Waals surface area contributed by atoms with Gasteiger partial charge in [-0.15, -0.1) is 0 Å².